The van der Waals surface area contributed by atoms with Crippen molar-refractivity contribution in [1.82, 2.24) is 9.97 Å². The molecule has 1 aliphatic rings. The van der Waals surface area contributed by atoms with E-state index in [4.69, 9.17) is 18.0 Å². The number of anilines is 1. The van der Waals surface area contributed by atoms with Crippen LogP contribution in [0.3, 0.4) is 0 Å². The first-order valence-electron chi connectivity index (χ1n) is 4.57. The molecule has 1 aromatic rings. The topological polar surface area (TPSA) is 55.0 Å². The van der Waals surface area contributed by atoms with E-state index in [0.717, 1.165) is 30.3 Å². The molecule has 0 bridgehead atoms. The lowest BCUT2D eigenvalue weighted by Gasteiger charge is -2.33. The Hall–Kier alpha value is -1.23. The van der Waals surface area contributed by atoms with Crippen LogP contribution in [0.2, 0.25) is 0 Å². The van der Waals surface area contributed by atoms with Crippen molar-refractivity contribution in [3.8, 4) is 0 Å². The summed E-state index contributed by atoms with van der Waals surface area (Å²) in [6.45, 7) is 3.94. The second kappa shape index (κ2) is 3.49. The minimum atomic E-state index is 0.368. The van der Waals surface area contributed by atoms with Crippen LogP contribution in [0, 0.1) is 6.92 Å². The van der Waals surface area contributed by atoms with Gasteiger partial charge in [0.2, 0.25) is 0 Å². The summed E-state index contributed by atoms with van der Waals surface area (Å²) in [6.07, 6.45) is 2.91. The van der Waals surface area contributed by atoms with E-state index >= 15 is 0 Å². The van der Waals surface area contributed by atoms with Gasteiger partial charge >= 0.3 is 0 Å². The molecule has 0 radical (unpaired) electrons. The number of thiocarbonyl (C=S) groups is 1. The van der Waals surface area contributed by atoms with Crippen LogP contribution in [0.4, 0.5) is 5.82 Å². The second-order valence-electron chi connectivity index (χ2n) is 3.36. The molecule has 2 heterocycles. The molecule has 0 amide bonds. The van der Waals surface area contributed by atoms with Gasteiger partial charge in [-0.25, -0.2) is 9.97 Å². The van der Waals surface area contributed by atoms with Gasteiger partial charge in [-0.05, 0) is 13.3 Å². The zero-order chi connectivity index (χ0) is 10.1. The van der Waals surface area contributed by atoms with E-state index in [1.54, 1.807) is 6.20 Å². The van der Waals surface area contributed by atoms with Gasteiger partial charge < -0.3 is 10.6 Å². The molecule has 1 saturated heterocycles. The van der Waals surface area contributed by atoms with Crippen LogP contribution in [-0.4, -0.2) is 28.0 Å². The van der Waals surface area contributed by atoms with Crippen molar-refractivity contribution in [2.45, 2.75) is 13.3 Å². The number of aromatic nitrogens is 2. The van der Waals surface area contributed by atoms with E-state index in [-0.39, 0.29) is 0 Å². The first-order valence-corrected chi connectivity index (χ1v) is 4.97. The molecule has 2 rings (SSSR count). The van der Waals surface area contributed by atoms with Gasteiger partial charge in [-0.15, -0.1) is 0 Å². The fourth-order valence-corrected chi connectivity index (χ4v) is 1.54. The summed E-state index contributed by atoms with van der Waals surface area (Å²) in [6, 6.07) is 0. The van der Waals surface area contributed by atoms with Crippen molar-refractivity contribution in [2.24, 2.45) is 5.73 Å². The van der Waals surface area contributed by atoms with Crippen molar-refractivity contribution in [3.63, 3.8) is 0 Å². The van der Waals surface area contributed by atoms with Gasteiger partial charge in [0, 0.05) is 19.3 Å². The van der Waals surface area contributed by atoms with Crippen LogP contribution in [-0.2, 0) is 0 Å². The summed E-state index contributed by atoms with van der Waals surface area (Å²) >= 11 is 4.96. The van der Waals surface area contributed by atoms with Crippen LogP contribution in [0.1, 0.15) is 17.8 Å². The summed E-state index contributed by atoms with van der Waals surface area (Å²) in [5.74, 6) is 1.64. The van der Waals surface area contributed by atoms with Crippen LogP contribution in [0.15, 0.2) is 6.20 Å². The molecule has 2 N–H and O–H groups in total. The van der Waals surface area contributed by atoms with Gasteiger partial charge in [0.1, 0.15) is 16.6 Å². The Morgan fingerprint density at radius 2 is 2.29 bits per heavy atom. The molecule has 1 fully saturated rings. The predicted molar refractivity (Wildman–Crippen MR) is 59.5 cm³/mol. The third-order valence-electron chi connectivity index (χ3n) is 2.31. The van der Waals surface area contributed by atoms with Gasteiger partial charge in [0.25, 0.3) is 0 Å². The lowest BCUT2D eigenvalue weighted by atomic mass is 10.2. The van der Waals surface area contributed by atoms with Gasteiger partial charge in [-0.2, -0.15) is 0 Å². The molecule has 0 aliphatic carbocycles. The van der Waals surface area contributed by atoms with E-state index in [0.29, 0.717) is 4.99 Å². The highest BCUT2D eigenvalue weighted by Gasteiger charge is 2.20. The van der Waals surface area contributed by atoms with E-state index in [9.17, 15) is 0 Å². The molecular weight excluding hydrogens is 196 g/mol. The van der Waals surface area contributed by atoms with Crippen molar-refractivity contribution < 1.29 is 0 Å². The minimum absolute atomic E-state index is 0.368. The fraction of sp³-hybridized carbons (Fsp3) is 0.444. The maximum Gasteiger partial charge on any atom is 0.142 e. The SMILES string of the molecule is Cc1ncc(C(N)=S)c(N2CCC2)n1. The highest BCUT2D eigenvalue weighted by Crippen LogP contribution is 2.22. The monoisotopic (exact) mass is 208 g/mol. The predicted octanol–water partition coefficient (Wildman–Crippen LogP) is 0.629. The smallest absolute Gasteiger partial charge is 0.142 e. The van der Waals surface area contributed by atoms with Crippen molar-refractivity contribution >= 4 is 23.0 Å². The average Bonchev–Trinajstić information content (AvgIpc) is 2.00. The number of rotatable bonds is 2. The maximum atomic E-state index is 5.61. The molecule has 5 heteroatoms. The molecule has 0 unspecified atom stereocenters. The number of aryl methyl sites for hydroxylation is 1. The lowest BCUT2D eigenvalue weighted by Crippen LogP contribution is -2.39. The van der Waals surface area contributed by atoms with Gasteiger partial charge in [0.15, 0.2) is 0 Å². The van der Waals surface area contributed by atoms with Crippen molar-refractivity contribution in [1.29, 1.82) is 0 Å². The second-order valence-corrected chi connectivity index (χ2v) is 3.80. The first kappa shape index (κ1) is 9.33. The molecule has 74 valence electrons. The number of hydrogen-bond donors (Lipinski definition) is 1. The number of hydrogen-bond acceptors (Lipinski definition) is 4. The largest absolute Gasteiger partial charge is 0.389 e. The van der Waals surface area contributed by atoms with Crippen LogP contribution >= 0.6 is 12.2 Å². The zero-order valence-electron chi connectivity index (χ0n) is 8.03. The molecule has 1 aromatic heterocycles. The normalized spacial score (nSPS) is 15.1. The molecule has 1 aliphatic heterocycles. The van der Waals surface area contributed by atoms with Crippen molar-refractivity contribution in [3.05, 3.63) is 17.6 Å². The summed E-state index contributed by atoms with van der Waals surface area (Å²) in [7, 11) is 0. The average molecular weight is 208 g/mol. The molecular formula is C9H12N4S. The van der Waals surface area contributed by atoms with Crippen LogP contribution < -0.4 is 10.6 Å². The van der Waals surface area contributed by atoms with Gasteiger partial charge in [-0.1, -0.05) is 12.2 Å². The molecule has 0 aromatic carbocycles. The molecule has 0 spiro atoms. The van der Waals surface area contributed by atoms with E-state index in [1.165, 1.54) is 6.42 Å². The van der Waals surface area contributed by atoms with Gasteiger partial charge in [-0.3, -0.25) is 0 Å². The molecule has 0 saturated carbocycles. The fourth-order valence-electron chi connectivity index (χ4n) is 1.40. The third kappa shape index (κ3) is 1.55. The summed E-state index contributed by atoms with van der Waals surface area (Å²) in [5, 5.41) is 0. The highest BCUT2D eigenvalue weighted by atomic mass is 32.1. The Balaban J connectivity index is 2.42. The molecule has 14 heavy (non-hydrogen) atoms. The Labute approximate surface area is 88.1 Å². The van der Waals surface area contributed by atoms with Crippen LogP contribution in [0.25, 0.3) is 0 Å². The zero-order valence-corrected chi connectivity index (χ0v) is 8.84. The maximum absolute atomic E-state index is 5.61. The van der Waals surface area contributed by atoms with Crippen molar-refractivity contribution in [2.75, 3.05) is 18.0 Å². The summed E-state index contributed by atoms with van der Waals surface area (Å²) in [5.41, 5.74) is 6.39. The Morgan fingerprint density at radius 1 is 1.57 bits per heavy atom. The number of nitrogens with zero attached hydrogens (tertiary/aromatic N) is 3. The summed E-state index contributed by atoms with van der Waals surface area (Å²) < 4.78 is 0. The van der Waals surface area contributed by atoms with E-state index in [1.807, 2.05) is 6.92 Å². The molecule has 4 nitrogen and oxygen atoms in total. The lowest BCUT2D eigenvalue weighted by molar-refractivity contribution is 0.607. The minimum Gasteiger partial charge on any atom is -0.389 e. The van der Waals surface area contributed by atoms with Crippen LogP contribution in [0.5, 0.6) is 0 Å². The quantitative estimate of drug-likeness (QED) is 0.722. The first-order chi connectivity index (χ1) is 6.68. The molecule has 0 atom stereocenters. The third-order valence-corrected chi connectivity index (χ3v) is 2.53. The Morgan fingerprint density at radius 3 is 2.79 bits per heavy atom. The Bertz CT molecular complexity index is 373. The standard InChI is InChI=1S/C9H12N4S/c1-6-11-5-7(8(10)14)9(12-6)13-3-2-4-13/h5H,2-4H2,1H3,(H2,10,14). The van der Waals surface area contributed by atoms with Gasteiger partial charge in [0.05, 0.1) is 5.56 Å². The Kier molecular flexibility index (Phi) is 2.33. The highest BCUT2D eigenvalue weighted by molar-refractivity contribution is 7.80. The van der Waals surface area contributed by atoms with E-state index in [2.05, 4.69) is 14.9 Å². The number of nitrogens with two attached hydrogens (primary N) is 1. The summed E-state index contributed by atoms with van der Waals surface area (Å²) in [4.78, 5) is 11.0. The van der Waals surface area contributed by atoms with E-state index < -0.39 is 0 Å².